The molecule has 2 aromatic heterocycles. The van der Waals surface area contributed by atoms with E-state index in [1.165, 1.54) is 19.9 Å². The lowest BCUT2D eigenvalue weighted by Gasteiger charge is -2.53. The first-order chi connectivity index (χ1) is 17.0. The Morgan fingerprint density at radius 3 is 2.19 bits per heavy atom. The molecule has 2 bridgehead atoms. The van der Waals surface area contributed by atoms with E-state index in [0.717, 1.165) is 24.9 Å². The summed E-state index contributed by atoms with van der Waals surface area (Å²) in [5.74, 6) is -0.224. The van der Waals surface area contributed by atoms with E-state index in [4.69, 9.17) is 9.26 Å². The molecule has 204 valence electrons. The summed E-state index contributed by atoms with van der Waals surface area (Å²) in [7, 11) is 0. The molecule has 3 aliphatic carbocycles. The first-order valence-corrected chi connectivity index (χ1v) is 13.0. The van der Waals surface area contributed by atoms with E-state index in [9.17, 15) is 26.7 Å². The second-order valence-corrected chi connectivity index (χ2v) is 12.3. The van der Waals surface area contributed by atoms with Crippen molar-refractivity contribution in [2.75, 3.05) is 11.4 Å². The number of anilines is 1. The Kier molecular flexibility index (Phi) is 7.03. The van der Waals surface area contributed by atoms with E-state index < -0.39 is 34.8 Å². The third-order valence-electron chi connectivity index (χ3n) is 7.62. The van der Waals surface area contributed by atoms with Crippen molar-refractivity contribution in [3.05, 3.63) is 33.4 Å². The Balaban J connectivity index is 1.58. The van der Waals surface area contributed by atoms with Gasteiger partial charge >= 0.3 is 12.3 Å². The van der Waals surface area contributed by atoms with Crippen molar-refractivity contribution < 1.29 is 36.0 Å². The van der Waals surface area contributed by atoms with Gasteiger partial charge in [0, 0.05) is 12.0 Å². The van der Waals surface area contributed by atoms with Crippen LogP contribution in [0.25, 0.3) is 0 Å². The highest BCUT2D eigenvalue weighted by molar-refractivity contribution is 14.1. The molecule has 0 atom stereocenters. The lowest BCUT2D eigenvalue weighted by Crippen LogP contribution is -2.53. The summed E-state index contributed by atoms with van der Waals surface area (Å²) < 4.78 is 78.8. The molecule has 37 heavy (non-hydrogen) atoms. The van der Waals surface area contributed by atoms with E-state index in [1.54, 1.807) is 22.6 Å². The number of fused-ring (bicyclic) bond motifs is 3. The molecule has 3 saturated carbocycles. The maximum absolute atomic E-state index is 14.3. The van der Waals surface area contributed by atoms with E-state index in [-0.39, 0.29) is 27.2 Å². The maximum atomic E-state index is 14.3. The normalized spacial score (nSPS) is 24.3. The van der Waals surface area contributed by atoms with E-state index in [0.29, 0.717) is 44.3 Å². The average Bonchev–Trinajstić information content (AvgIpc) is 3.32. The summed E-state index contributed by atoms with van der Waals surface area (Å²) in [6.45, 7) is 4.28. The van der Waals surface area contributed by atoms with E-state index >= 15 is 0 Å². The zero-order valence-electron chi connectivity index (χ0n) is 20.9. The van der Waals surface area contributed by atoms with Crippen LogP contribution in [0.1, 0.15) is 77.9 Å². The van der Waals surface area contributed by atoms with Crippen LogP contribution in [-0.4, -0.2) is 39.5 Å². The molecule has 3 fully saturated rings. The number of hydrogen-bond donors (Lipinski definition) is 0. The second kappa shape index (κ2) is 9.30. The number of halogens is 6. The summed E-state index contributed by atoms with van der Waals surface area (Å²) in [5.41, 5.74) is -5.31. The Morgan fingerprint density at radius 1 is 1.11 bits per heavy atom. The molecule has 7 nitrogen and oxygen atoms in total. The maximum Gasteiger partial charge on any atom is 0.427 e. The van der Waals surface area contributed by atoms with Crippen molar-refractivity contribution in [2.45, 2.75) is 89.1 Å². The van der Waals surface area contributed by atoms with Gasteiger partial charge in [-0.2, -0.15) is 18.2 Å². The summed E-state index contributed by atoms with van der Waals surface area (Å²) in [5, 5.41) is 4.05. The first kappa shape index (κ1) is 28.0. The van der Waals surface area contributed by atoms with E-state index in [1.807, 2.05) is 0 Å². The fourth-order valence-corrected chi connectivity index (χ4v) is 5.39. The van der Waals surface area contributed by atoms with Crippen molar-refractivity contribution in [3.63, 3.8) is 0 Å². The smallest absolute Gasteiger partial charge is 0.427 e. The second-order valence-electron chi connectivity index (χ2n) is 11.1. The highest BCUT2D eigenvalue weighted by atomic mass is 127. The van der Waals surface area contributed by atoms with Crippen LogP contribution < -0.4 is 4.90 Å². The molecule has 0 unspecified atom stereocenters. The van der Waals surface area contributed by atoms with Crippen LogP contribution in [0.15, 0.2) is 16.8 Å². The van der Waals surface area contributed by atoms with Crippen LogP contribution in [0.2, 0.25) is 0 Å². The van der Waals surface area contributed by atoms with Crippen LogP contribution in [-0.2, 0) is 15.8 Å². The van der Waals surface area contributed by atoms with Gasteiger partial charge in [0.1, 0.15) is 5.82 Å². The number of carbonyl (C=O) groups is 1. The van der Waals surface area contributed by atoms with Crippen molar-refractivity contribution in [3.8, 4) is 0 Å². The van der Waals surface area contributed by atoms with Crippen LogP contribution in [0, 0.1) is 14.8 Å². The Hall–Kier alpha value is -2.06. The first-order valence-electron chi connectivity index (χ1n) is 11.9. The number of carbonyl (C=O) groups excluding carboxylic acids is 1. The third kappa shape index (κ3) is 5.42. The monoisotopic (exact) mass is 642 g/mol. The summed E-state index contributed by atoms with van der Waals surface area (Å²) in [4.78, 5) is 22.5. The number of amides is 1. The largest absolute Gasteiger partial charge is 0.433 e. The number of alkyl halides is 4. The van der Waals surface area contributed by atoms with Crippen LogP contribution >= 0.6 is 22.6 Å². The van der Waals surface area contributed by atoms with Crippen molar-refractivity contribution in [1.82, 2.24) is 15.1 Å². The van der Waals surface area contributed by atoms with Gasteiger partial charge in [0.25, 0.3) is 5.89 Å². The molecule has 2 heterocycles. The van der Waals surface area contributed by atoms with Gasteiger partial charge in [-0.25, -0.2) is 18.6 Å². The number of pyridine rings is 1. The van der Waals surface area contributed by atoms with Gasteiger partial charge in [0.15, 0.2) is 17.3 Å². The van der Waals surface area contributed by atoms with Crippen LogP contribution in [0.4, 0.5) is 32.6 Å². The molecule has 0 saturated heterocycles. The topological polar surface area (TPSA) is 81.4 Å². The third-order valence-corrected chi connectivity index (χ3v) is 8.45. The molecule has 3 aliphatic rings. The average molecular weight is 642 g/mol. The van der Waals surface area contributed by atoms with Crippen molar-refractivity contribution in [1.29, 1.82) is 0 Å². The molecular formula is C24H28F5IN4O3. The molecule has 0 radical (unpaired) electrons. The number of rotatable bonds is 6. The van der Waals surface area contributed by atoms with Gasteiger partial charge in [0.05, 0.1) is 9.77 Å². The Morgan fingerprint density at radius 2 is 1.70 bits per heavy atom. The highest BCUT2D eigenvalue weighted by Gasteiger charge is 2.55. The predicted molar refractivity (Wildman–Crippen MR) is 131 cm³/mol. The fraction of sp³-hybridized carbons (Fsp3) is 0.667. The molecule has 0 aliphatic heterocycles. The van der Waals surface area contributed by atoms with Gasteiger partial charge < -0.3 is 9.26 Å². The molecule has 2 aromatic rings. The number of ether oxygens (including phenoxy) is 1. The molecule has 13 heteroatoms. The highest BCUT2D eigenvalue weighted by Crippen LogP contribution is 2.57. The number of nitrogens with zero attached hydrogens (tertiary/aromatic N) is 4. The van der Waals surface area contributed by atoms with Gasteiger partial charge in [-0.15, -0.1) is 0 Å². The molecule has 1 amide bonds. The molecule has 0 spiro atoms. The van der Waals surface area contributed by atoms with Crippen molar-refractivity contribution in [2.24, 2.45) is 5.41 Å². The van der Waals surface area contributed by atoms with Gasteiger partial charge in [0.2, 0.25) is 5.60 Å². The Bertz CT molecular complexity index is 1150. The Labute approximate surface area is 224 Å². The lowest BCUT2D eigenvalue weighted by molar-refractivity contribution is -0.243. The van der Waals surface area contributed by atoms with E-state index in [2.05, 4.69) is 15.1 Å². The molecule has 0 N–H and O–H groups in total. The van der Waals surface area contributed by atoms with Crippen LogP contribution in [0.3, 0.4) is 0 Å². The minimum absolute atomic E-state index is 0.0125. The molecular weight excluding hydrogens is 614 g/mol. The van der Waals surface area contributed by atoms with Gasteiger partial charge in [-0.3, -0.25) is 4.90 Å². The van der Waals surface area contributed by atoms with Crippen molar-refractivity contribution >= 4 is 34.5 Å². The zero-order valence-corrected chi connectivity index (χ0v) is 23.0. The number of hydrogen-bond acceptors (Lipinski definition) is 6. The minimum Gasteiger partial charge on any atom is -0.433 e. The zero-order chi connectivity index (χ0) is 27.4. The van der Waals surface area contributed by atoms with Gasteiger partial charge in [-0.1, -0.05) is 5.16 Å². The molecule has 5 rings (SSSR count). The summed E-state index contributed by atoms with van der Waals surface area (Å²) >= 11 is 1.73. The lowest BCUT2D eigenvalue weighted by atomic mass is 9.53. The molecule has 0 aromatic carbocycles. The van der Waals surface area contributed by atoms with Crippen LogP contribution in [0.5, 0.6) is 0 Å². The fourth-order valence-electron chi connectivity index (χ4n) is 4.97. The predicted octanol–water partition coefficient (Wildman–Crippen LogP) is 6.99. The standard InChI is InChI=1S/C24H28F5IN4O3/c1-20(2,26)18-32-17(33-37-18)23-8-5-22(6-9-23,7-10-23)13-34(16-11-15(30)14(25)12-31-16)19(35)36-21(3,4)24(27,28)29/h11-12H,5-10,13H2,1-4H3. The summed E-state index contributed by atoms with van der Waals surface area (Å²) in [6, 6.07) is 1.31. The minimum atomic E-state index is -4.79. The number of aromatic nitrogens is 3. The van der Waals surface area contributed by atoms with Gasteiger partial charge in [-0.05, 0) is 100 Å². The quantitative estimate of drug-likeness (QED) is 0.250. The summed E-state index contributed by atoms with van der Waals surface area (Å²) in [6.07, 6.45) is -1.26. The SMILES string of the molecule is CC(C)(F)c1nc(C23CCC(CN(C(=O)OC(C)(C)C(F)(F)F)c4cc(I)c(F)cn4)(CC2)CC3)no1.